The predicted octanol–water partition coefficient (Wildman–Crippen LogP) is 3.61. The SMILES string of the molecule is Cc1cn2nc(-c3nc4ccc(C5=CCN(C(=O)OC(C)(C)C)CC5)cc4[n+]([O-])n3)cc(C)c2n1. The van der Waals surface area contributed by atoms with Crippen molar-refractivity contribution in [3.8, 4) is 11.5 Å². The zero-order valence-electron chi connectivity index (χ0n) is 20.4. The van der Waals surface area contributed by atoms with Gasteiger partial charge in [-0.1, -0.05) is 12.1 Å². The van der Waals surface area contributed by atoms with Gasteiger partial charge < -0.3 is 14.8 Å². The van der Waals surface area contributed by atoms with Crippen molar-refractivity contribution in [3.63, 3.8) is 0 Å². The van der Waals surface area contributed by atoms with Crippen molar-refractivity contribution in [3.05, 3.63) is 58.6 Å². The normalized spacial score (nSPS) is 14.4. The minimum absolute atomic E-state index is 0.251. The molecule has 0 aliphatic carbocycles. The standard InChI is InChI=1S/C25H27N7O3/c1-15-12-20(28-31-14-16(2)26-23(15)31)22-27-19-7-6-18(13-21(19)32(34)29-22)17-8-10-30(11-9-17)24(33)35-25(3,4)5/h6-8,12-14H,9-11H2,1-5H3. The Morgan fingerprint density at radius 1 is 1.17 bits per heavy atom. The number of imidazole rings is 1. The van der Waals surface area contributed by atoms with Crippen molar-refractivity contribution in [2.24, 2.45) is 0 Å². The van der Waals surface area contributed by atoms with Gasteiger partial charge in [-0.05, 0) is 74.7 Å². The second-order valence-corrected chi connectivity index (χ2v) is 9.78. The van der Waals surface area contributed by atoms with Crippen molar-refractivity contribution in [2.45, 2.75) is 46.6 Å². The van der Waals surface area contributed by atoms with E-state index in [0.717, 1.165) is 28.0 Å². The van der Waals surface area contributed by atoms with Gasteiger partial charge in [-0.3, -0.25) is 0 Å². The van der Waals surface area contributed by atoms with Crippen LogP contribution in [0.15, 0.2) is 36.5 Å². The van der Waals surface area contributed by atoms with Gasteiger partial charge in [0.25, 0.3) is 5.52 Å². The maximum atomic E-state index is 12.9. The van der Waals surface area contributed by atoms with Gasteiger partial charge in [0.2, 0.25) is 5.82 Å². The monoisotopic (exact) mass is 473 g/mol. The highest BCUT2D eigenvalue weighted by molar-refractivity contribution is 5.80. The lowest BCUT2D eigenvalue weighted by molar-refractivity contribution is -0.642. The number of carbonyl (C=O) groups is 1. The topological polar surface area (TPSA) is 112 Å². The van der Waals surface area contributed by atoms with Crippen LogP contribution in [0.2, 0.25) is 0 Å². The maximum absolute atomic E-state index is 12.9. The van der Waals surface area contributed by atoms with Crippen LogP contribution in [0, 0.1) is 19.1 Å². The van der Waals surface area contributed by atoms with E-state index in [1.165, 1.54) is 0 Å². The predicted molar refractivity (Wildman–Crippen MR) is 130 cm³/mol. The lowest BCUT2D eigenvalue weighted by atomic mass is 9.99. The molecule has 0 spiro atoms. The molecular formula is C25H27N7O3. The molecule has 4 aromatic rings. The number of rotatable bonds is 2. The van der Waals surface area contributed by atoms with E-state index in [1.807, 2.05) is 65.1 Å². The first kappa shape index (κ1) is 22.7. The molecule has 0 fully saturated rings. The first-order valence-corrected chi connectivity index (χ1v) is 11.5. The van der Waals surface area contributed by atoms with Gasteiger partial charge in [-0.15, -0.1) is 0 Å². The first-order valence-electron chi connectivity index (χ1n) is 11.5. The van der Waals surface area contributed by atoms with Crippen LogP contribution in [0.3, 0.4) is 0 Å². The molecule has 1 aromatic carbocycles. The van der Waals surface area contributed by atoms with Gasteiger partial charge in [0, 0.05) is 24.3 Å². The van der Waals surface area contributed by atoms with E-state index in [0.29, 0.717) is 41.1 Å². The van der Waals surface area contributed by atoms with Crippen LogP contribution in [0.5, 0.6) is 0 Å². The molecule has 10 nitrogen and oxygen atoms in total. The summed E-state index contributed by atoms with van der Waals surface area (Å²) < 4.78 is 7.14. The number of benzene rings is 1. The number of hydrogen-bond donors (Lipinski definition) is 0. The molecule has 180 valence electrons. The lowest BCUT2D eigenvalue weighted by Gasteiger charge is -2.29. The Hall–Kier alpha value is -4.08. The Kier molecular flexibility index (Phi) is 5.38. The van der Waals surface area contributed by atoms with Gasteiger partial charge in [-0.25, -0.2) is 19.3 Å². The average molecular weight is 474 g/mol. The van der Waals surface area contributed by atoms with Crippen LogP contribution >= 0.6 is 0 Å². The number of hydrogen-bond acceptors (Lipinski definition) is 7. The van der Waals surface area contributed by atoms with Gasteiger partial charge in [-0.2, -0.15) is 5.10 Å². The minimum Gasteiger partial charge on any atom is -0.594 e. The van der Waals surface area contributed by atoms with E-state index in [4.69, 9.17) is 4.74 Å². The summed E-state index contributed by atoms with van der Waals surface area (Å²) in [6, 6.07) is 7.38. The molecule has 5 rings (SSSR count). The van der Waals surface area contributed by atoms with Crippen LogP contribution in [0.25, 0.3) is 33.8 Å². The molecule has 0 radical (unpaired) electrons. The van der Waals surface area contributed by atoms with Crippen molar-refractivity contribution in [1.29, 1.82) is 0 Å². The summed E-state index contributed by atoms with van der Waals surface area (Å²) >= 11 is 0. The molecule has 1 aliphatic heterocycles. The van der Waals surface area contributed by atoms with E-state index in [2.05, 4.69) is 20.2 Å². The molecule has 4 heterocycles. The number of fused-ring (bicyclic) bond motifs is 2. The smallest absolute Gasteiger partial charge is 0.410 e. The Morgan fingerprint density at radius 3 is 2.69 bits per heavy atom. The van der Waals surface area contributed by atoms with Gasteiger partial charge >= 0.3 is 6.09 Å². The lowest BCUT2D eigenvalue weighted by Crippen LogP contribution is -2.39. The van der Waals surface area contributed by atoms with Crippen molar-refractivity contribution in [1.82, 2.24) is 29.6 Å². The summed E-state index contributed by atoms with van der Waals surface area (Å²) in [5.41, 5.74) is 5.38. The fourth-order valence-electron chi connectivity index (χ4n) is 4.13. The zero-order valence-corrected chi connectivity index (χ0v) is 20.4. The Labute approximate surface area is 202 Å². The first-order chi connectivity index (χ1) is 16.6. The van der Waals surface area contributed by atoms with Gasteiger partial charge in [0.15, 0.2) is 5.65 Å². The fourth-order valence-corrected chi connectivity index (χ4v) is 4.13. The average Bonchev–Trinajstić information content (AvgIpc) is 3.18. The van der Waals surface area contributed by atoms with Crippen molar-refractivity contribution >= 4 is 28.3 Å². The molecule has 0 atom stereocenters. The molecule has 0 unspecified atom stereocenters. The second kappa shape index (κ2) is 8.30. The van der Waals surface area contributed by atoms with Crippen LogP contribution in [0.4, 0.5) is 4.79 Å². The van der Waals surface area contributed by atoms with E-state index in [-0.39, 0.29) is 11.9 Å². The summed E-state index contributed by atoms with van der Waals surface area (Å²) in [5, 5.41) is 21.5. The molecule has 0 N–H and O–H groups in total. The molecule has 0 saturated heterocycles. The van der Waals surface area contributed by atoms with Crippen LogP contribution in [-0.4, -0.2) is 54.4 Å². The van der Waals surface area contributed by atoms with Crippen LogP contribution < -0.4 is 4.85 Å². The summed E-state index contributed by atoms with van der Waals surface area (Å²) in [6.07, 6.45) is 4.16. The number of carbonyl (C=O) groups excluding carboxylic acids is 1. The third kappa shape index (κ3) is 4.51. The van der Waals surface area contributed by atoms with Crippen molar-refractivity contribution < 1.29 is 14.4 Å². The zero-order chi connectivity index (χ0) is 24.9. The largest absolute Gasteiger partial charge is 0.594 e. The molecule has 3 aromatic heterocycles. The quantitative estimate of drug-likeness (QED) is 0.323. The summed E-state index contributed by atoms with van der Waals surface area (Å²) in [5.74, 6) is 0.251. The molecule has 35 heavy (non-hydrogen) atoms. The highest BCUT2D eigenvalue weighted by atomic mass is 16.6. The Morgan fingerprint density at radius 2 is 1.97 bits per heavy atom. The third-order valence-corrected chi connectivity index (χ3v) is 5.78. The molecule has 1 aliphatic rings. The fraction of sp³-hybridized carbons (Fsp3) is 0.360. The number of aryl methyl sites for hydroxylation is 2. The molecule has 10 heteroatoms. The molecular weight excluding hydrogens is 446 g/mol. The highest BCUT2D eigenvalue weighted by Gasteiger charge is 2.24. The summed E-state index contributed by atoms with van der Waals surface area (Å²) in [4.78, 5) is 23.6. The van der Waals surface area contributed by atoms with E-state index >= 15 is 0 Å². The highest BCUT2D eigenvalue weighted by Crippen LogP contribution is 2.26. The second-order valence-electron chi connectivity index (χ2n) is 9.78. The van der Waals surface area contributed by atoms with Crippen LogP contribution in [-0.2, 0) is 4.74 Å². The number of amides is 1. The Bertz CT molecular complexity index is 1500. The van der Waals surface area contributed by atoms with E-state index in [9.17, 15) is 10.0 Å². The van der Waals surface area contributed by atoms with E-state index < -0.39 is 5.60 Å². The molecule has 1 amide bonds. The minimum atomic E-state index is -0.530. The van der Waals surface area contributed by atoms with Gasteiger partial charge in [0.05, 0.1) is 11.9 Å². The Balaban J connectivity index is 1.43. The number of aromatic nitrogens is 6. The third-order valence-electron chi connectivity index (χ3n) is 5.78. The molecule has 0 bridgehead atoms. The van der Waals surface area contributed by atoms with Crippen LogP contribution in [0.1, 0.15) is 44.0 Å². The summed E-state index contributed by atoms with van der Waals surface area (Å²) in [6.45, 7) is 10.4. The molecule has 0 saturated carbocycles. The maximum Gasteiger partial charge on any atom is 0.410 e. The number of ether oxygens (including phenoxy) is 1. The van der Waals surface area contributed by atoms with E-state index in [1.54, 1.807) is 15.5 Å². The van der Waals surface area contributed by atoms with Gasteiger partial charge in [0.1, 0.15) is 16.8 Å². The summed E-state index contributed by atoms with van der Waals surface area (Å²) in [7, 11) is 0. The van der Waals surface area contributed by atoms with Crippen molar-refractivity contribution in [2.75, 3.05) is 13.1 Å². The number of nitrogens with zero attached hydrogens (tertiary/aromatic N) is 7.